The Hall–Kier alpha value is -1.75. The normalized spacial score (nSPS) is 13.3. The number of hydrogen-bond donors (Lipinski definition) is 2. The molecule has 2 N–H and O–H groups in total. The molecule has 0 heterocycles. The second-order valence-corrected chi connectivity index (χ2v) is 6.41. The van der Waals surface area contributed by atoms with Gasteiger partial charge in [-0.05, 0) is 44.1 Å². The van der Waals surface area contributed by atoms with Crippen LogP contribution in [0.25, 0.3) is 0 Å². The Morgan fingerprint density at radius 1 is 1.26 bits per heavy atom. The fourth-order valence-corrected chi connectivity index (χ4v) is 2.42. The number of guanidine groups is 1. The Morgan fingerprint density at radius 3 is 2.57 bits per heavy atom. The molecule has 0 aromatic heterocycles. The topological polar surface area (TPSA) is 48.9 Å². The quantitative estimate of drug-likeness (QED) is 0.570. The fourth-order valence-electron chi connectivity index (χ4n) is 2.42. The summed E-state index contributed by atoms with van der Waals surface area (Å²) in [4.78, 5) is 6.57. The van der Waals surface area contributed by atoms with E-state index in [-0.39, 0.29) is 0 Å². The van der Waals surface area contributed by atoms with E-state index in [4.69, 9.17) is 4.74 Å². The van der Waals surface area contributed by atoms with Gasteiger partial charge in [-0.2, -0.15) is 0 Å². The van der Waals surface area contributed by atoms with Crippen LogP contribution in [0.1, 0.15) is 25.8 Å². The minimum Gasteiger partial charge on any atom is -0.497 e. The average Bonchev–Trinajstić information content (AvgIpc) is 2.53. The molecule has 0 spiro atoms. The van der Waals surface area contributed by atoms with Gasteiger partial charge in [0.05, 0.1) is 7.11 Å². The number of benzene rings is 1. The number of hydrogen-bond acceptors (Lipinski definition) is 3. The van der Waals surface area contributed by atoms with Gasteiger partial charge >= 0.3 is 0 Å². The summed E-state index contributed by atoms with van der Waals surface area (Å²) >= 11 is 0. The Balaban J connectivity index is 2.50. The monoisotopic (exact) mass is 320 g/mol. The van der Waals surface area contributed by atoms with Crippen molar-refractivity contribution >= 4 is 5.96 Å². The van der Waals surface area contributed by atoms with Crippen molar-refractivity contribution in [2.45, 2.75) is 32.9 Å². The lowest BCUT2D eigenvalue weighted by atomic mass is 10.0. The zero-order valence-corrected chi connectivity index (χ0v) is 15.4. The molecule has 5 heteroatoms. The molecule has 0 radical (unpaired) electrons. The molecule has 1 aromatic carbocycles. The van der Waals surface area contributed by atoms with E-state index >= 15 is 0 Å². The summed E-state index contributed by atoms with van der Waals surface area (Å²) in [5.41, 5.74) is 1.17. The van der Waals surface area contributed by atoms with Gasteiger partial charge in [-0.3, -0.25) is 4.99 Å². The molecule has 1 rings (SSSR count). The minimum absolute atomic E-state index is 0.491. The molecule has 5 nitrogen and oxygen atoms in total. The zero-order valence-electron chi connectivity index (χ0n) is 15.4. The molecule has 1 aromatic rings. The SMILES string of the molecule is CN=C(NCc1cccc(OC)c1)NCC(CC(C)C)N(C)C. The second-order valence-electron chi connectivity index (χ2n) is 6.41. The molecular weight excluding hydrogens is 288 g/mol. The highest BCUT2D eigenvalue weighted by molar-refractivity contribution is 5.79. The standard InChI is InChI=1S/C18H32N4O/c1-14(2)10-16(22(4)5)13-21-18(19-3)20-12-15-8-7-9-17(11-15)23-6/h7-9,11,14,16H,10,12-13H2,1-6H3,(H2,19,20,21). The molecule has 1 atom stereocenters. The van der Waals surface area contributed by atoms with Crippen LogP contribution in [0.2, 0.25) is 0 Å². The van der Waals surface area contributed by atoms with E-state index in [1.165, 1.54) is 5.56 Å². The highest BCUT2D eigenvalue weighted by Gasteiger charge is 2.13. The number of aliphatic imine (C=N–C) groups is 1. The van der Waals surface area contributed by atoms with Crippen molar-refractivity contribution in [3.05, 3.63) is 29.8 Å². The number of nitrogens with zero attached hydrogens (tertiary/aromatic N) is 2. The smallest absolute Gasteiger partial charge is 0.191 e. The highest BCUT2D eigenvalue weighted by atomic mass is 16.5. The summed E-state index contributed by atoms with van der Waals surface area (Å²) in [6, 6.07) is 8.54. The first-order valence-corrected chi connectivity index (χ1v) is 8.20. The molecule has 0 aliphatic rings. The maximum atomic E-state index is 5.25. The number of methoxy groups -OCH3 is 1. The molecular formula is C18H32N4O. The second kappa shape index (κ2) is 10.1. The Kier molecular flexibility index (Phi) is 8.48. The van der Waals surface area contributed by atoms with Crippen molar-refractivity contribution in [3.63, 3.8) is 0 Å². The van der Waals surface area contributed by atoms with Crippen LogP contribution in [0.4, 0.5) is 0 Å². The third-order valence-electron chi connectivity index (χ3n) is 3.80. The summed E-state index contributed by atoms with van der Waals surface area (Å²) in [6.45, 7) is 6.11. The molecule has 0 saturated carbocycles. The molecule has 0 bridgehead atoms. The molecule has 0 aliphatic heterocycles. The highest BCUT2D eigenvalue weighted by Crippen LogP contribution is 2.12. The van der Waals surface area contributed by atoms with E-state index < -0.39 is 0 Å². The van der Waals surface area contributed by atoms with Crippen LogP contribution < -0.4 is 15.4 Å². The summed E-state index contributed by atoms with van der Waals surface area (Å²) in [5, 5.41) is 6.77. The van der Waals surface area contributed by atoms with Gasteiger partial charge in [-0.15, -0.1) is 0 Å². The van der Waals surface area contributed by atoms with Crippen molar-refractivity contribution in [2.75, 3.05) is 34.8 Å². The van der Waals surface area contributed by atoms with Crippen molar-refractivity contribution < 1.29 is 4.74 Å². The van der Waals surface area contributed by atoms with E-state index in [2.05, 4.69) is 54.5 Å². The fraction of sp³-hybridized carbons (Fsp3) is 0.611. The summed E-state index contributed by atoms with van der Waals surface area (Å²) in [7, 11) is 7.74. The largest absolute Gasteiger partial charge is 0.497 e. The van der Waals surface area contributed by atoms with E-state index in [1.807, 2.05) is 18.2 Å². The Morgan fingerprint density at radius 2 is 2.00 bits per heavy atom. The van der Waals surface area contributed by atoms with Crippen molar-refractivity contribution in [1.82, 2.24) is 15.5 Å². The summed E-state index contributed by atoms with van der Waals surface area (Å²) in [5.74, 6) is 2.37. The number of nitrogens with one attached hydrogen (secondary N) is 2. The lowest BCUT2D eigenvalue weighted by Crippen LogP contribution is -2.45. The van der Waals surface area contributed by atoms with Gasteiger partial charge < -0.3 is 20.3 Å². The van der Waals surface area contributed by atoms with Gasteiger partial charge in [0.25, 0.3) is 0 Å². The molecule has 0 saturated heterocycles. The van der Waals surface area contributed by atoms with Crippen molar-refractivity contribution in [2.24, 2.45) is 10.9 Å². The van der Waals surface area contributed by atoms with Crippen LogP contribution in [-0.2, 0) is 6.54 Å². The van der Waals surface area contributed by atoms with Crippen LogP contribution in [0.5, 0.6) is 5.75 Å². The molecule has 0 fully saturated rings. The molecule has 0 amide bonds. The maximum Gasteiger partial charge on any atom is 0.191 e. The summed E-state index contributed by atoms with van der Waals surface area (Å²) in [6.07, 6.45) is 1.16. The van der Waals surface area contributed by atoms with E-state index in [1.54, 1.807) is 14.2 Å². The van der Waals surface area contributed by atoms with Crippen molar-refractivity contribution in [1.29, 1.82) is 0 Å². The van der Waals surface area contributed by atoms with Gasteiger partial charge in [0.1, 0.15) is 5.75 Å². The van der Waals surface area contributed by atoms with Crippen molar-refractivity contribution in [3.8, 4) is 5.75 Å². The van der Waals surface area contributed by atoms with E-state index in [0.717, 1.165) is 24.7 Å². The van der Waals surface area contributed by atoms with Crippen LogP contribution in [0, 0.1) is 5.92 Å². The van der Waals surface area contributed by atoms with E-state index in [9.17, 15) is 0 Å². The van der Waals surface area contributed by atoms with Crippen LogP contribution in [-0.4, -0.2) is 51.7 Å². The summed E-state index contributed by atoms with van der Waals surface area (Å²) < 4.78 is 5.25. The van der Waals surface area contributed by atoms with Crippen LogP contribution in [0.15, 0.2) is 29.3 Å². The Labute approximate surface area is 141 Å². The zero-order chi connectivity index (χ0) is 17.2. The van der Waals surface area contributed by atoms with E-state index in [0.29, 0.717) is 18.5 Å². The minimum atomic E-state index is 0.491. The third-order valence-corrected chi connectivity index (χ3v) is 3.80. The van der Waals surface area contributed by atoms with Gasteiger partial charge in [0.2, 0.25) is 0 Å². The predicted molar refractivity (Wildman–Crippen MR) is 98.1 cm³/mol. The number of rotatable bonds is 8. The van der Waals surface area contributed by atoms with Crippen LogP contribution in [0.3, 0.4) is 0 Å². The molecule has 130 valence electrons. The number of ether oxygens (including phenoxy) is 1. The predicted octanol–water partition coefficient (Wildman–Crippen LogP) is 2.34. The first-order valence-electron chi connectivity index (χ1n) is 8.20. The Bertz CT molecular complexity index is 486. The van der Waals surface area contributed by atoms with Gasteiger partial charge in [-0.1, -0.05) is 26.0 Å². The molecule has 1 unspecified atom stereocenters. The molecule has 23 heavy (non-hydrogen) atoms. The van der Waals surface area contributed by atoms with Crippen LogP contribution >= 0.6 is 0 Å². The first kappa shape index (κ1) is 19.3. The first-order chi connectivity index (χ1) is 11.0. The lowest BCUT2D eigenvalue weighted by molar-refractivity contribution is 0.254. The van der Waals surface area contributed by atoms with Gasteiger partial charge in [-0.25, -0.2) is 0 Å². The van der Waals surface area contributed by atoms with Gasteiger partial charge in [0, 0.05) is 26.2 Å². The molecule has 0 aliphatic carbocycles. The maximum absolute atomic E-state index is 5.25. The average molecular weight is 320 g/mol. The van der Waals surface area contributed by atoms with Gasteiger partial charge in [0.15, 0.2) is 5.96 Å². The third kappa shape index (κ3) is 7.37. The number of likely N-dealkylation sites (N-methyl/N-ethyl adjacent to an activating group) is 1. The lowest BCUT2D eigenvalue weighted by Gasteiger charge is -2.27.